The number of hydrogen-bond donors (Lipinski definition) is 2. The van der Waals surface area contributed by atoms with Gasteiger partial charge in [-0.2, -0.15) is 0 Å². The van der Waals surface area contributed by atoms with Gasteiger partial charge in [0.15, 0.2) is 0 Å². The number of aromatic amines is 1. The summed E-state index contributed by atoms with van der Waals surface area (Å²) < 4.78 is 5.67. The number of fused-ring (bicyclic) bond motifs is 1. The van der Waals surface area contributed by atoms with Crippen molar-refractivity contribution in [2.45, 2.75) is 6.42 Å². The van der Waals surface area contributed by atoms with Crippen LogP contribution in [0, 0.1) is 5.92 Å². The Bertz CT molecular complexity index is 711. The topological polar surface area (TPSA) is 84.1 Å². The summed E-state index contributed by atoms with van der Waals surface area (Å²) >= 11 is 0. The van der Waals surface area contributed by atoms with Crippen LogP contribution in [0.15, 0.2) is 41.6 Å². The minimum absolute atomic E-state index is 0.0228. The second-order valence-corrected chi connectivity index (χ2v) is 4.99. The van der Waals surface area contributed by atoms with Crippen LogP contribution < -0.4 is 15.6 Å². The first-order valence-corrected chi connectivity index (χ1v) is 6.75. The van der Waals surface area contributed by atoms with Crippen LogP contribution in [-0.4, -0.2) is 29.0 Å². The highest BCUT2D eigenvalue weighted by Crippen LogP contribution is 2.26. The van der Waals surface area contributed by atoms with E-state index in [-0.39, 0.29) is 11.5 Å². The quantitative estimate of drug-likeness (QED) is 0.871. The van der Waals surface area contributed by atoms with Crippen LogP contribution in [-0.2, 0) is 6.42 Å². The van der Waals surface area contributed by atoms with Crippen LogP contribution in [0.1, 0.15) is 15.9 Å². The van der Waals surface area contributed by atoms with E-state index < -0.39 is 11.5 Å². The number of H-pyrrole nitrogens is 1. The molecule has 2 N–H and O–H groups in total. The molecule has 0 radical (unpaired) electrons. The van der Waals surface area contributed by atoms with Crippen molar-refractivity contribution in [3.63, 3.8) is 0 Å². The van der Waals surface area contributed by atoms with Gasteiger partial charge in [0.25, 0.3) is 11.5 Å². The Balaban J connectivity index is 1.61. The van der Waals surface area contributed by atoms with Crippen LogP contribution in [0.25, 0.3) is 0 Å². The molecule has 0 bridgehead atoms. The van der Waals surface area contributed by atoms with Gasteiger partial charge in [-0.1, -0.05) is 18.2 Å². The van der Waals surface area contributed by atoms with E-state index in [1.807, 2.05) is 24.3 Å². The number of ether oxygens (including phenoxy) is 1. The smallest absolute Gasteiger partial charge is 0.263 e. The summed E-state index contributed by atoms with van der Waals surface area (Å²) in [5.74, 6) is 0.687. The summed E-state index contributed by atoms with van der Waals surface area (Å²) in [5.41, 5.74) is 0.726. The van der Waals surface area contributed by atoms with Gasteiger partial charge in [0.1, 0.15) is 11.3 Å². The van der Waals surface area contributed by atoms with Gasteiger partial charge in [-0.15, -0.1) is 0 Å². The molecule has 0 saturated heterocycles. The second kappa shape index (κ2) is 5.78. The van der Waals surface area contributed by atoms with Crippen molar-refractivity contribution < 1.29 is 9.53 Å². The van der Waals surface area contributed by atoms with Crippen LogP contribution >= 0.6 is 0 Å². The SMILES string of the molecule is O=C(NC[C@H]1COc2ccccc2C1)c1cnc[nH]c1=O. The van der Waals surface area contributed by atoms with E-state index in [4.69, 9.17) is 4.74 Å². The number of carbonyl (C=O) groups is 1. The van der Waals surface area contributed by atoms with E-state index in [1.54, 1.807) is 0 Å². The van der Waals surface area contributed by atoms with E-state index in [2.05, 4.69) is 15.3 Å². The fraction of sp³-hybridized carbons (Fsp3) is 0.267. The summed E-state index contributed by atoms with van der Waals surface area (Å²) in [6, 6.07) is 7.88. The molecule has 6 heteroatoms. The largest absolute Gasteiger partial charge is 0.493 e. The molecular weight excluding hydrogens is 270 g/mol. The van der Waals surface area contributed by atoms with E-state index >= 15 is 0 Å². The number of amides is 1. The Kier molecular flexibility index (Phi) is 3.68. The predicted molar refractivity (Wildman–Crippen MR) is 76.3 cm³/mol. The van der Waals surface area contributed by atoms with E-state index in [1.165, 1.54) is 12.5 Å². The normalized spacial score (nSPS) is 16.7. The number of nitrogens with zero attached hydrogens (tertiary/aromatic N) is 1. The lowest BCUT2D eigenvalue weighted by Gasteiger charge is -2.25. The number of benzene rings is 1. The van der Waals surface area contributed by atoms with E-state index in [0.717, 1.165) is 17.7 Å². The Morgan fingerprint density at radius 1 is 1.43 bits per heavy atom. The lowest BCUT2D eigenvalue weighted by atomic mass is 9.97. The fourth-order valence-electron chi connectivity index (χ4n) is 2.36. The number of rotatable bonds is 3. The zero-order chi connectivity index (χ0) is 14.7. The molecule has 1 aromatic heterocycles. The van der Waals surface area contributed by atoms with E-state index in [9.17, 15) is 9.59 Å². The van der Waals surface area contributed by atoms with E-state index in [0.29, 0.717) is 13.2 Å². The second-order valence-electron chi connectivity index (χ2n) is 4.99. The van der Waals surface area contributed by atoms with Crippen molar-refractivity contribution in [2.24, 2.45) is 5.92 Å². The number of hydrogen-bond acceptors (Lipinski definition) is 4. The monoisotopic (exact) mass is 285 g/mol. The van der Waals surface area contributed by atoms with Crippen molar-refractivity contribution in [2.75, 3.05) is 13.2 Å². The molecule has 3 rings (SSSR count). The number of carbonyl (C=O) groups excluding carboxylic acids is 1. The first kappa shape index (κ1) is 13.4. The third-order valence-corrected chi connectivity index (χ3v) is 3.47. The Hall–Kier alpha value is -2.63. The molecule has 1 aliphatic heterocycles. The molecule has 21 heavy (non-hydrogen) atoms. The van der Waals surface area contributed by atoms with Crippen molar-refractivity contribution in [1.29, 1.82) is 0 Å². The highest BCUT2D eigenvalue weighted by Gasteiger charge is 2.20. The maximum atomic E-state index is 11.9. The third-order valence-electron chi connectivity index (χ3n) is 3.47. The molecule has 1 aromatic carbocycles. The molecule has 1 aliphatic rings. The minimum atomic E-state index is -0.437. The zero-order valence-electron chi connectivity index (χ0n) is 11.3. The molecule has 6 nitrogen and oxygen atoms in total. The van der Waals surface area contributed by atoms with Crippen molar-refractivity contribution in [3.8, 4) is 5.75 Å². The molecule has 0 aliphatic carbocycles. The average Bonchev–Trinajstić information content (AvgIpc) is 2.53. The van der Waals surface area contributed by atoms with Gasteiger partial charge in [0.05, 0.1) is 12.9 Å². The van der Waals surface area contributed by atoms with Crippen LogP contribution in [0.2, 0.25) is 0 Å². The maximum absolute atomic E-state index is 11.9. The zero-order valence-corrected chi connectivity index (χ0v) is 11.3. The first-order valence-electron chi connectivity index (χ1n) is 6.75. The maximum Gasteiger partial charge on any atom is 0.263 e. The summed E-state index contributed by atoms with van der Waals surface area (Å²) in [6.07, 6.45) is 3.37. The summed E-state index contributed by atoms with van der Waals surface area (Å²) in [4.78, 5) is 29.6. The summed E-state index contributed by atoms with van der Waals surface area (Å²) in [7, 11) is 0. The van der Waals surface area contributed by atoms with Crippen molar-refractivity contribution in [3.05, 3.63) is 58.3 Å². The van der Waals surface area contributed by atoms with Gasteiger partial charge >= 0.3 is 0 Å². The Morgan fingerprint density at radius 3 is 3.14 bits per heavy atom. The molecule has 0 fully saturated rings. The Labute approximate surface area is 121 Å². The molecule has 0 unspecified atom stereocenters. The van der Waals surface area contributed by atoms with Crippen LogP contribution in [0.3, 0.4) is 0 Å². The van der Waals surface area contributed by atoms with Gasteiger partial charge in [0.2, 0.25) is 0 Å². The molecule has 0 saturated carbocycles. The molecule has 0 spiro atoms. The molecule has 2 aromatic rings. The van der Waals surface area contributed by atoms with Crippen LogP contribution in [0.4, 0.5) is 0 Å². The Morgan fingerprint density at radius 2 is 2.29 bits per heavy atom. The van der Waals surface area contributed by atoms with Gasteiger partial charge in [-0.25, -0.2) is 4.98 Å². The third kappa shape index (κ3) is 2.94. The fourth-order valence-corrected chi connectivity index (χ4v) is 2.36. The van der Waals surface area contributed by atoms with Crippen molar-refractivity contribution in [1.82, 2.24) is 15.3 Å². The number of nitrogens with one attached hydrogen (secondary N) is 2. The van der Waals surface area contributed by atoms with Gasteiger partial charge in [0, 0.05) is 18.7 Å². The minimum Gasteiger partial charge on any atom is -0.493 e. The highest BCUT2D eigenvalue weighted by molar-refractivity contribution is 5.93. The first-order chi connectivity index (χ1) is 10.2. The predicted octanol–water partition coefficient (Wildman–Crippen LogP) is 0.751. The standard InChI is InChI=1S/C15H15N3O3/c19-14(12-7-16-9-18-15(12)20)17-6-10-5-11-3-1-2-4-13(11)21-8-10/h1-4,7,9-10H,5-6,8H2,(H,17,19)(H,16,18,20)/t10-/m0/s1. The average molecular weight is 285 g/mol. The lowest BCUT2D eigenvalue weighted by Crippen LogP contribution is -2.36. The molecule has 1 amide bonds. The summed E-state index contributed by atoms with van der Waals surface area (Å²) in [6.45, 7) is 1.02. The molecule has 2 heterocycles. The highest BCUT2D eigenvalue weighted by atomic mass is 16.5. The van der Waals surface area contributed by atoms with Gasteiger partial charge in [-0.05, 0) is 18.1 Å². The van der Waals surface area contributed by atoms with Crippen LogP contribution in [0.5, 0.6) is 5.75 Å². The molecular formula is C15H15N3O3. The van der Waals surface area contributed by atoms with Gasteiger partial charge in [-0.3, -0.25) is 9.59 Å². The lowest BCUT2D eigenvalue weighted by molar-refractivity contribution is 0.0937. The molecule has 108 valence electrons. The number of aromatic nitrogens is 2. The summed E-state index contributed by atoms with van der Waals surface area (Å²) in [5, 5.41) is 2.76. The number of para-hydroxylation sites is 1. The molecule has 1 atom stereocenters. The van der Waals surface area contributed by atoms with Crippen molar-refractivity contribution >= 4 is 5.91 Å². The van der Waals surface area contributed by atoms with Gasteiger partial charge < -0.3 is 15.0 Å².